The molecule has 3 nitrogen and oxygen atoms in total. The van der Waals surface area contributed by atoms with E-state index in [1.165, 1.54) is 12.1 Å². The number of benzene rings is 2. The highest BCUT2D eigenvalue weighted by Gasteiger charge is 2.17. The number of nitrogens with two attached hydrogens (primary N) is 1. The third kappa shape index (κ3) is 2.96. The van der Waals surface area contributed by atoms with Crippen LogP contribution < -0.4 is 11.1 Å². The van der Waals surface area contributed by atoms with Gasteiger partial charge < -0.3 is 11.1 Å². The minimum absolute atomic E-state index is 0.0229. The largest absolute Gasteiger partial charge is 0.399 e. The molecule has 0 heterocycles. The predicted octanol–water partition coefficient (Wildman–Crippen LogP) is 3.21. The number of halogens is 1. The van der Waals surface area contributed by atoms with Gasteiger partial charge >= 0.3 is 0 Å². The Bertz CT molecular complexity index is 626. The van der Waals surface area contributed by atoms with E-state index in [0.717, 1.165) is 5.56 Å². The molecule has 20 heavy (non-hydrogen) atoms. The minimum Gasteiger partial charge on any atom is -0.399 e. The standard InChI is InChI=1S/C16H17FN2O/c1-10-8-13(18)9-14(15(10)17)16(20)19-11(2)12-6-4-3-5-7-12/h3-9,11H,18H2,1-2H3,(H,19,20). The van der Waals surface area contributed by atoms with Crippen molar-refractivity contribution in [2.75, 3.05) is 5.73 Å². The van der Waals surface area contributed by atoms with Gasteiger partial charge in [0.15, 0.2) is 0 Å². The lowest BCUT2D eigenvalue weighted by atomic mass is 10.1. The summed E-state index contributed by atoms with van der Waals surface area (Å²) in [7, 11) is 0. The summed E-state index contributed by atoms with van der Waals surface area (Å²) in [5.74, 6) is -0.994. The molecule has 4 heteroatoms. The zero-order valence-corrected chi connectivity index (χ0v) is 11.5. The maximum atomic E-state index is 14.0. The number of hydrogen-bond acceptors (Lipinski definition) is 2. The third-order valence-electron chi connectivity index (χ3n) is 3.17. The van der Waals surface area contributed by atoms with Gasteiger partial charge in [-0.1, -0.05) is 30.3 Å². The molecular weight excluding hydrogens is 255 g/mol. The third-order valence-corrected chi connectivity index (χ3v) is 3.17. The van der Waals surface area contributed by atoms with Crippen LogP contribution in [0.1, 0.15) is 34.5 Å². The number of anilines is 1. The molecule has 2 rings (SSSR count). The summed E-state index contributed by atoms with van der Waals surface area (Å²) in [6.07, 6.45) is 0. The first-order valence-electron chi connectivity index (χ1n) is 6.40. The molecule has 0 fully saturated rings. The van der Waals surface area contributed by atoms with E-state index in [2.05, 4.69) is 5.32 Å². The lowest BCUT2D eigenvalue weighted by Crippen LogP contribution is -2.27. The summed E-state index contributed by atoms with van der Waals surface area (Å²) >= 11 is 0. The van der Waals surface area contributed by atoms with E-state index in [-0.39, 0.29) is 11.6 Å². The highest BCUT2D eigenvalue weighted by atomic mass is 19.1. The van der Waals surface area contributed by atoms with Crippen molar-refractivity contribution < 1.29 is 9.18 Å². The van der Waals surface area contributed by atoms with Gasteiger partial charge in [0.2, 0.25) is 0 Å². The van der Waals surface area contributed by atoms with Crippen molar-refractivity contribution in [2.45, 2.75) is 19.9 Å². The van der Waals surface area contributed by atoms with Crippen molar-refractivity contribution in [1.29, 1.82) is 0 Å². The highest BCUT2D eigenvalue weighted by Crippen LogP contribution is 2.19. The molecular formula is C16H17FN2O. The predicted molar refractivity (Wildman–Crippen MR) is 77.9 cm³/mol. The van der Waals surface area contributed by atoms with Gasteiger partial charge in [-0.15, -0.1) is 0 Å². The number of amides is 1. The van der Waals surface area contributed by atoms with E-state index in [1.807, 2.05) is 37.3 Å². The first-order valence-corrected chi connectivity index (χ1v) is 6.40. The first kappa shape index (κ1) is 14.1. The van der Waals surface area contributed by atoms with Crippen molar-refractivity contribution in [3.8, 4) is 0 Å². The normalized spacial score (nSPS) is 11.9. The van der Waals surface area contributed by atoms with Crippen LogP contribution in [0.15, 0.2) is 42.5 Å². The van der Waals surface area contributed by atoms with Crippen molar-refractivity contribution in [2.24, 2.45) is 0 Å². The summed E-state index contributed by atoms with van der Waals surface area (Å²) in [6.45, 7) is 3.44. The molecule has 1 amide bonds. The molecule has 0 saturated heterocycles. The molecule has 0 aliphatic rings. The Labute approximate surface area is 117 Å². The lowest BCUT2D eigenvalue weighted by molar-refractivity contribution is 0.0935. The Hall–Kier alpha value is -2.36. The molecule has 104 valence electrons. The fourth-order valence-corrected chi connectivity index (χ4v) is 2.06. The van der Waals surface area contributed by atoms with Crippen molar-refractivity contribution in [3.05, 3.63) is 65.0 Å². The maximum absolute atomic E-state index is 14.0. The van der Waals surface area contributed by atoms with Crippen LogP contribution >= 0.6 is 0 Å². The quantitative estimate of drug-likeness (QED) is 0.843. The second-order valence-electron chi connectivity index (χ2n) is 4.81. The number of hydrogen-bond donors (Lipinski definition) is 2. The Balaban J connectivity index is 2.21. The van der Waals surface area contributed by atoms with Gasteiger partial charge in [0.05, 0.1) is 11.6 Å². The summed E-state index contributed by atoms with van der Waals surface area (Å²) in [5.41, 5.74) is 7.34. The van der Waals surface area contributed by atoms with E-state index < -0.39 is 11.7 Å². The van der Waals surface area contributed by atoms with Crippen LogP contribution in [0.25, 0.3) is 0 Å². The monoisotopic (exact) mass is 272 g/mol. The number of rotatable bonds is 3. The van der Waals surface area contributed by atoms with Crippen LogP contribution in [0.2, 0.25) is 0 Å². The molecule has 0 aromatic heterocycles. The second-order valence-corrected chi connectivity index (χ2v) is 4.81. The first-order chi connectivity index (χ1) is 9.49. The van der Waals surface area contributed by atoms with E-state index in [4.69, 9.17) is 5.73 Å². The van der Waals surface area contributed by atoms with E-state index in [9.17, 15) is 9.18 Å². The van der Waals surface area contributed by atoms with Gasteiger partial charge in [-0.25, -0.2) is 4.39 Å². The number of carbonyl (C=O) groups is 1. The Morgan fingerprint density at radius 1 is 1.25 bits per heavy atom. The van der Waals surface area contributed by atoms with Gasteiger partial charge in [0.25, 0.3) is 5.91 Å². The molecule has 2 aromatic rings. The second kappa shape index (κ2) is 5.74. The molecule has 0 bridgehead atoms. The number of aryl methyl sites for hydroxylation is 1. The molecule has 0 aliphatic heterocycles. The number of carbonyl (C=O) groups excluding carboxylic acids is 1. The van der Waals surface area contributed by atoms with Gasteiger partial charge in [0.1, 0.15) is 5.82 Å². The van der Waals surface area contributed by atoms with E-state index in [1.54, 1.807) is 6.92 Å². The van der Waals surface area contributed by atoms with Crippen molar-refractivity contribution in [3.63, 3.8) is 0 Å². The minimum atomic E-state index is -0.531. The molecule has 2 aromatic carbocycles. The summed E-state index contributed by atoms with van der Waals surface area (Å²) in [6, 6.07) is 12.2. The van der Waals surface area contributed by atoms with Crippen LogP contribution in [0.3, 0.4) is 0 Å². The van der Waals surface area contributed by atoms with Gasteiger partial charge in [-0.3, -0.25) is 4.79 Å². The van der Waals surface area contributed by atoms with Gasteiger partial charge in [0, 0.05) is 5.69 Å². The SMILES string of the molecule is Cc1cc(N)cc(C(=O)NC(C)c2ccccc2)c1F. The molecule has 1 unspecified atom stereocenters. The number of nitrogens with one attached hydrogen (secondary N) is 1. The van der Waals surface area contributed by atoms with E-state index in [0.29, 0.717) is 11.3 Å². The Morgan fingerprint density at radius 3 is 2.55 bits per heavy atom. The van der Waals surface area contributed by atoms with Crippen molar-refractivity contribution >= 4 is 11.6 Å². The zero-order chi connectivity index (χ0) is 14.7. The summed E-state index contributed by atoms with van der Waals surface area (Å²) in [5, 5.41) is 2.77. The number of nitrogen functional groups attached to an aromatic ring is 1. The van der Waals surface area contributed by atoms with E-state index >= 15 is 0 Å². The van der Waals surface area contributed by atoms with Crippen LogP contribution in [0, 0.1) is 12.7 Å². The fraction of sp³-hybridized carbons (Fsp3) is 0.188. The van der Waals surface area contributed by atoms with Crippen LogP contribution in [-0.4, -0.2) is 5.91 Å². The lowest BCUT2D eigenvalue weighted by Gasteiger charge is -2.15. The zero-order valence-electron chi connectivity index (χ0n) is 11.5. The highest BCUT2D eigenvalue weighted by molar-refractivity contribution is 5.95. The molecule has 0 saturated carbocycles. The average Bonchev–Trinajstić information content (AvgIpc) is 2.43. The average molecular weight is 272 g/mol. The Morgan fingerprint density at radius 2 is 1.90 bits per heavy atom. The maximum Gasteiger partial charge on any atom is 0.254 e. The fourth-order valence-electron chi connectivity index (χ4n) is 2.06. The van der Waals surface area contributed by atoms with Gasteiger partial charge in [-0.05, 0) is 37.1 Å². The summed E-state index contributed by atoms with van der Waals surface area (Å²) < 4.78 is 14.0. The van der Waals surface area contributed by atoms with Crippen LogP contribution in [0.4, 0.5) is 10.1 Å². The van der Waals surface area contributed by atoms with Gasteiger partial charge in [-0.2, -0.15) is 0 Å². The van der Waals surface area contributed by atoms with Crippen molar-refractivity contribution in [1.82, 2.24) is 5.32 Å². The van der Waals surface area contributed by atoms with Crippen LogP contribution in [-0.2, 0) is 0 Å². The summed E-state index contributed by atoms with van der Waals surface area (Å²) in [4.78, 5) is 12.1. The molecule has 0 radical (unpaired) electrons. The molecule has 0 spiro atoms. The Kier molecular flexibility index (Phi) is 4.03. The molecule has 3 N–H and O–H groups in total. The topological polar surface area (TPSA) is 55.1 Å². The molecule has 0 aliphatic carbocycles. The molecule has 1 atom stereocenters. The van der Waals surface area contributed by atoms with Crippen LogP contribution in [0.5, 0.6) is 0 Å². The smallest absolute Gasteiger partial charge is 0.254 e.